The van der Waals surface area contributed by atoms with E-state index < -0.39 is 10.0 Å². The molecule has 0 saturated carbocycles. The lowest BCUT2D eigenvalue weighted by molar-refractivity contribution is 0.0924. The van der Waals surface area contributed by atoms with Gasteiger partial charge >= 0.3 is 0 Å². The number of hydrogen-bond donors (Lipinski definition) is 1. The van der Waals surface area contributed by atoms with E-state index in [-0.39, 0.29) is 21.9 Å². The van der Waals surface area contributed by atoms with Crippen LogP contribution in [0.2, 0.25) is 5.02 Å². The van der Waals surface area contributed by atoms with E-state index in [4.69, 9.17) is 11.6 Å². The van der Waals surface area contributed by atoms with Crippen LogP contribution in [0.1, 0.15) is 56.8 Å². The molecule has 1 fully saturated rings. The number of benzene rings is 1. The van der Waals surface area contributed by atoms with Crippen molar-refractivity contribution in [3.05, 3.63) is 28.8 Å². The highest BCUT2D eigenvalue weighted by molar-refractivity contribution is 7.89. The van der Waals surface area contributed by atoms with Gasteiger partial charge in [0.25, 0.3) is 5.91 Å². The third kappa shape index (κ3) is 4.74. The Bertz CT molecular complexity index is 713. The Labute approximate surface area is 155 Å². The minimum atomic E-state index is -3.68. The molecule has 0 aliphatic carbocycles. The van der Waals surface area contributed by atoms with Crippen LogP contribution in [0.25, 0.3) is 0 Å². The lowest BCUT2D eigenvalue weighted by Gasteiger charge is -2.26. The van der Waals surface area contributed by atoms with Gasteiger partial charge in [0.1, 0.15) is 4.90 Å². The number of rotatable bonds is 6. The van der Waals surface area contributed by atoms with Gasteiger partial charge in [0.05, 0.1) is 5.02 Å². The molecule has 1 saturated heterocycles. The molecule has 25 heavy (non-hydrogen) atoms. The Morgan fingerprint density at radius 3 is 2.44 bits per heavy atom. The third-order valence-electron chi connectivity index (χ3n) is 4.69. The maximum absolute atomic E-state index is 12.9. The molecule has 1 amide bonds. The van der Waals surface area contributed by atoms with E-state index in [1.807, 2.05) is 20.8 Å². The Morgan fingerprint density at radius 1 is 1.24 bits per heavy atom. The average molecular weight is 387 g/mol. The summed E-state index contributed by atoms with van der Waals surface area (Å²) >= 11 is 6.15. The smallest absolute Gasteiger partial charge is 0.251 e. The van der Waals surface area contributed by atoms with Gasteiger partial charge in [0.15, 0.2) is 0 Å². The minimum absolute atomic E-state index is 0.0151. The molecule has 1 aromatic carbocycles. The van der Waals surface area contributed by atoms with Crippen LogP contribution in [0, 0.1) is 5.92 Å². The van der Waals surface area contributed by atoms with Crippen molar-refractivity contribution in [1.82, 2.24) is 9.62 Å². The maximum atomic E-state index is 12.9. The number of nitrogens with one attached hydrogen (secondary N) is 1. The second-order valence-electron chi connectivity index (χ2n) is 6.84. The highest BCUT2D eigenvalue weighted by Gasteiger charge is 2.29. The summed E-state index contributed by atoms with van der Waals surface area (Å²) in [5.41, 5.74) is 0.319. The highest BCUT2D eigenvalue weighted by atomic mass is 35.5. The lowest BCUT2D eigenvalue weighted by atomic mass is 10.0. The van der Waals surface area contributed by atoms with Crippen LogP contribution in [0.4, 0.5) is 0 Å². The van der Waals surface area contributed by atoms with Gasteiger partial charge in [-0.15, -0.1) is 0 Å². The van der Waals surface area contributed by atoms with Crippen LogP contribution in [0.3, 0.4) is 0 Å². The van der Waals surface area contributed by atoms with Gasteiger partial charge in [-0.2, -0.15) is 4.31 Å². The Morgan fingerprint density at radius 2 is 1.88 bits per heavy atom. The Kier molecular flexibility index (Phi) is 6.88. The van der Waals surface area contributed by atoms with Crippen LogP contribution >= 0.6 is 11.6 Å². The van der Waals surface area contributed by atoms with Gasteiger partial charge in [0.2, 0.25) is 10.0 Å². The zero-order valence-corrected chi connectivity index (χ0v) is 16.7. The fourth-order valence-electron chi connectivity index (χ4n) is 3.08. The molecule has 140 valence electrons. The van der Waals surface area contributed by atoms with Crippen molar-refractivity contribution in [3.8, 4) is 0 Å². The van der Waals surface area contributed by atoms with E-state index in [0.717, 1.165) is 25.7 Å². The number of carbonyl (C=O) groups is 1. The van der Waals surface area contributed by atoms with Crippen LogP contribution < -0.4 is 5.32 Å². The standard InChI is InChI=1S/C18H27ClN2O3S/c1-4-16(13(2)3)20-18(22)14-8-9-15(19)17(12-14)25(23,24)21-10-6-5-7-11-21/h8-9,12-13,16H,4-7,10-11H2,1-3H3,(H,20,22). The van der Waals surface area contributed by atoms with Crippen molar-refractivity contribution in [2.45, 2.75) is 57.4 Å². The lowest BCUT2D eigenvalue weighted by Crippen LogP contribution is -2.38. The number of carbonyl (C=O) groups excluding carboxylic acids is 1. The van der Waals surface area contributed by atoms with Crippen molar-refractivity contribution in [3.63, 3.8) is 0 Å². The molecule has 1 heterocycles. The molecule has 0 aromatic heterocycles. The molecule has 1 N–H and O–H groups in total. The molecule has 1 aliphatic rings. The van der Waals surface area contributed by atoms with Crippen LogP contribution in [0.15, 0.2) is 23.1 Å². The summed E-state index contributed by atoms with van der Waals surface area (Å²) in [6.07, 6.45) is 3.55. The summed E-state index contributed by atoms with van der Waals surface area (Å²) in [6.45, 7) is 7.10. The fourth-order valence-corrected chi connectivity index (χ4v) is 5.10. The largest absolute Gasteiger partial charge is 0.349 e. The predicted molar refractivity (Wildman–Crippen MR) is 100 cm³/mol. The number of piperidine rings is 1. The van der Waals surface area contributed by atoms with Crippen molar-refractivity contribution in [1.29, 1.82) is 0 Å². The monoisotopic (exact) mass is 386 g/mol. The van der Waals surface area contributed by atoms with Gasteiger partial charge in [-0.05, 0) is 43.4 Å². The quantitative estimate of drug-likeness (QED) is 0.810. The normalized spacial score (nSPS) is 17.5. The first-order chi connectivity index (χ1) is 11.8. The second kappa shape index (κ2) is 8.52. The van der Waals surface area contributed by atoms with Gasteiger partial charge in [-0.1, -0.05) is 38.8 Å². The zero-order valence-electron chi connectivity index (χ0n) is 15.1. The van der Waals surface area contributed by atoms with Crippen molar-refractivity contribution >= 4 is 27.5 Å². The number of nitrogens with zero attached hydrogens (tertiary/aromatic N) is 1. The highest BCUT2D eigenvalue weighted by Crippen LogP contribution is 2.28. The molecule has 0 radical (unpaired) electrons. The van der Waals surface area contributed by atoms with Crippen LogP contribution in [0.5, 0.6) is 0 Å². The zero-order chi connectivity index (χ0) is 18.6. The number of sulfonamides is 1. The third-order valence-corrected chi connectivity index (χ3v) is 7.07. The minimum Gasteiger partial charge on any atom is -0.349 e. The number of halogens is 1. The first-order valence-corrected chi connectivity index (χ1v) is 10.7. The molecule has 5 nitrogen and oxygen atoms in total. The van der Waals surface area contributed by atoms with E-state index >= 15 is 0 Å². The molecular formula is C18H27ClN2O3S. The summed E-state index contributed by atoms with van der Waals surface area (Å²) in [4.78, 5) is 12.5. The Balaban J connectivity index is 2.29. The summed E-state index contributed by atoms with van der Waals surface area (Å²) in [6, 6.07) is 4.50. The molecular weight excluding hydrogens is 360 g/mol. The first kappa shape index (κ1) is 20.2. The van der Waals surface area contributed by atoms with E-state index in [2.05, 4.69) is 5.32 Å². The van der Waals surface area contributed by atoms with Gasteiger partial charge in [-0.25, -0.2) is 8.42 Å². The molecule has 1 aliphatic heterocycles. The predicted octanol–water partition coefficient (Wildman–Crippen LogP) is 3.68. The Hall–Kier alpha value is -1.11. The SMILES string of the molecule is CCC(NC(=O)c1ccc(Cl)c(S(=O)(=O)N2CCCCC2)c1)C(C)C. The number of amides is 1. The van der Waals surface area contributed by atoms with Gasteiger partial charge < -0.3 is 5.32 Å². The van der Waals surface area contributed by atoms with E-state index in [9.17, 15) is 13.2 Å². The molecule has 1 atom stereocenters. The molecule has 0 bridgehead atoms. The average Bonchev–Trinajstić information content (AvgIpc) is 2.60. The summed E-state index contributed by atoms with van der Waals surface area (Å²) < 4.78 is 27.2. The van der Waals surface area contributed by atoms with Crippen molar-refractivity contribution in [2.24, 2.45) is 5.92 Å². The second-order valence-corrected chi connectivity index (χ2v) is 9.16. The molecule has 1 unspecified atom stereocenters. The van der Waals surface area contributed by atoms with Crippen LogP contribution in [-0.4, -0.2) is 37.8 Å². The molecule has 0 spiro atoms. The topological polar surface area (TPSA) is 66.5 Å². The molecule has 7 heteroatoms. The molecule has 1 aromatic rings. The van der Waals surface area contributed by atoms with Crippen LogP contribution in [-0.2, 0) is 10.0 Å². The summed E-state index contributed by atoms with van der Waals surface area (Å²) in [7, 11) is -3.68. The maximum Gasteiger partial charge on any atom is 0.251 e. The fraction of sp³-hybridized carbons (Fsp3) is 0.611. The summed E-state index contributed by atoms with van der Waals surface area (Å²) in [5, 5.41) is 3.12. The van der Waals surface area contributed by atoms with Gasteiger partial charge in [0, 0.05) is 24.7 Å². The summed E-state index contributed by atoms with van der Waals surface area (Å²) in [5.74, 6) is 0.0325. The van der Waals surface area contributed by atoms with E-state index in [1.54, 1.807) is 6.07 Å². The van der Waals surface area contributed by atoms with E-state index in [1.165, 1.54) is 16.4 Å². The van der Waals surface area contributed by atoms with Crippen molar-refractivity contribution in [2.75, 3.05) is 13.1 Å². The number of hydrogen-bond acceptors (Lipinski definition) is 3. The van der Waals surface area contributed by atoms with Gasteiger partial charge in [-0.3, -0.25) is 4.79 Å². The molecule has 2 rings (SSSR count). The van der Waals surface area contributed by atoms with E-state index in [0.29, 0.717) is 24.6 Å². The van der Waals surface area contributed by atoms with Crippen molar-refractivity contribution < 1.29 is 13.2 Å². The first-order valence-electron chi connectivity index (χ1n) is 8.88.